The van der Waals surface area contributed by atoms with Crippen molar-refractivity contribution < 1.29 is 18.4 Å². The molecule has 1 heterocycles. The number of halogens is 1. The highest BCUT2D eigenvalue weighted by Gasteiger charge is 2.10. The van der Waals surface area contributed by atoms with Crippen LogP contribution in [0.2, 0.25) is 0 Å². The molecule has 1 aromatic heterocycles. The van der Waals surface area contributed by atoms with Gasteiger partial charge in [-0.2, -0.15) is 4.98 Å². The van der Waals surface area contributed by atoms with Crippen molar-refractivity contribution in [2.24, 2.45) is 0 Å². The number of hydrogen-bond acceptors (Lipinski definition) is 5. The van der Waals surface area contributed by atoms with Gasteiger partial charge in [0.05, 0.1) is 5.56 Å². The quantitative estimate of drug-likeness (QED) is 0.676. The van der Waals surface area contributed by atoms with Gasteiger partial charge in [-0.25, -0.2) is 4.39 Å². The second-order valence-electron chi connectivity index (χ2n) is 4.46. The molecule has 0 saturated carbocycles. The minimum absolute atomic E-state index is 0.0407. The van der Waals surface area contributed by atoms with E-state index in [9.17, 15) is 9.18 Å². The Balaban J connectivity index is 1.72. The summed E-state index contributed by atoms with van der Waals surface area (Å²) in [4.78, 5) is 15.1. The zero-order valence-electron chi connectivity index (χ0n) is 11.4. The fourth-order valence-corrected chi connectivity index (χ4v) is 1.88. The largest absolute Gasteiger partial charge is 0.483 e. The molecule has 0 saturated heterocycles. The van der Waals surface area contributed by atoms with Gasteiger partial charge in [0.1, 0.15) is 11.6 Å². The molecule has 0 aliphatic rings. The van der Waals surface area contributed by atoms with Gasteiger partial charge in [-0.1, -0.05) is 17.3 Å². The molecule has 0 unspecified atom stereocenters. The summed E-state index contributed by atoms with van der Waals surface area (Å²) in [5.74, 6) is 0.725. The molecule has 0 spiro atoms. The van der Waals surface area contributed by atoms with Crippen LogP contribution in [0.25, 0.3) is 11.4 Å². The average molecular weight is 298 g/mol. The van der Waals surface area contributed by atoms with E-state index < -0.39 is 0 Å². The number of ether oxygens (including phenoxy) is 1. The third-order valence-electron chi connectivity index (χ3n) is 2.97. The van der Waals surface area contributed by atoms with Crippen molar-refractivity contribution in [3.8, 4) is 17.1 Å². The molecular weight excluding hydrogens is 287 g/mol. The summed E-state index contributed by atoms with van der Waals surface area (Å²) in [7, 11) is 0. The van der Waals surface area contributed by atoms with Crippen LogP contribution >= 0.6 is 0 Å². The van der Waals surface area contributed by atoms with E-state index in [1.807, 2.05) is 0 Å². The summed E-state index contributed by atoms with van der Waals surface area (Å²) < 4.78 is 23.4. The lowest BCUT2D eigenvalue weighted by Gasteiger charge is -2.04. The Morgan fingerprint density at radius 3 is 2.68 bits per heavy atom. The first kappa shape index (κ1) is 13.9. The van der Waals surface area contributed by atoms with E-state index in [1.165, 1.54) is 12.1 Å². The average Bonchev–Trinajstić information content (AvgIpc) is 3.03. The number of hydrogen-bond donors (Lipinski definition) is 0. The van der Waals surface area contributed by atoms with Crippen LogP contribution in [0.4, 0.5) is 4.39 Å². The molecular formula is C16H11FN2O3. The van der Waals surface area contributed by atoms with Crippen molar-refractivity contribution in [1.82, 2.24) is 10.1 Å². The first-order valence-corrected chi connectivity index (χ1v) is 6.52. The lowest BCUT2D eigenvalue weighted by Crippen LogP contribution is -1.98. The number of benzene rings is 2. The molecule has 0 radical (unpaired) electrons. The van der Waals surface area contributed by atoms with E-state index >= 15 is 0 Å². The molecule has 110 valence electrons. The predicted octanol–water partition coefficient (Wildman–Crippen LogP) is 3.27. The number of rotatable bonds is 5. The van der Waals surface area contributed by atoms with Crippen molar-refractivity contribution in [2.45, 2.75) is 6.61 Å². The number of carbonyl (C=O) groups excluding carboxylic acids is 1. The first-order chi connectivity index (χ1) is 10.8. The van der Waals surface area contributed by atoms with Gasteiger partial charge >= 0.3 is 0 Å². The fraction of sp³-hybridized carbons (Fsp3) is 0.0625. The van der Waals surface area contributed by atoms with E-state index in [4.69, 9.17) is 9.26 Å². The Bertz CT molecular complexity index is 784. The summed E-state index contributed by atoms with van der Waals surface area (Å²) in [5.41, 5.74) is 1.09. The maximum absolute atomic E-state index is 12.9. The SMILES string of the molecule is O=Cc1ccccc1OCc1nc(-c2ccc(F)cc2)no1. The second-order valence-corrected chi connectivity index (χ2v) is 4.46. The molecule has 22 heavy (non-hydrogen) atoms. The van der Waals surface area contributed by atoms with Crippen molar-refractivity contribution in [3.05, 3.63) is 65.8 Å². The zero-order chi connectivity index (χ0) is 15.4. The van der Waals surface area contributed by atoms with Crippen LogP contribution in [0, 0.1) is 5.82 Å². The number of aromatic nitrogens is 2. The van der Waals surface area contributed by atoms with Crippen LogP contribution in [-0.4, -0.2) is 16.4 Å². The van der Waals surface area contributed by atoms with Crippen LogP contribution in [0.1, 0.15) is 16.2 Å². The van der Waals surface area contributed by atoms with Gasteiger partial charge in [-0.05, 0) is 36.4 Å². The normalized spacial score (nSPS) is 10.4. The van der Waals surface area contributed by atoms with Crippen molar-refractivity contribution in [2.75, 3.05) is 0 Å². The maximum atomic E-state index is 12.9. The fourth-order valence-electron chi connectivity index (χ4n) is 1.88. The highest BCUT2D eigenvalue weighted by molar-refractivity contribution is 5.79. The summed E-state index contributed by atoms with van der Waals surface area (Å²) in [6, 6.07) is 12.6. The van der Waals surface area contributed by atoms with Crippen molar-refractivity contribution >= 4 is 6.29 Å². The molecule has 0 bridgehead atoms. The third-order valence-corrected chi connectivity index (χ3v) is 2.97. The smallest absolute Gasteiger partial charge is 0.264 e. The second kappa shape index (κ2) is 6.17. The van der Waals surface area contributed by atoms with Gasteiger partial charge in [0.25, 0.3) is 5.89 Å². The lowest BCUT2D eigenvalue weighted by atomic mass is 10.2. The van der Waals surface area contributed by atoms with Crippen molar-refractivity contribution in [1.29, 1.82) is 0 Å². The zero-order valence-corrected chi connectivity index (χ0v) is 11.4. The van der Waals surface area contributed by atoms with Crippen LogP contribution in [0.15, 0.2) is 53.1 Å². The molecule has 6 heteroatoms. The van der Waals surface area contributed by atoms with Crippen LogP contribution in [0.3, 0.4) is 0 Å². The Morgan fingerprint density at radius 2 is 1.91 bits per heavy atom. The standard InChI is InChI=1S/C16H11FN2O3/c17-13-7-5-11(6-8-13)16-18-15(22-19-16)10-21-14-4-2-1-3-12(14)9-20/h1-9H,10H2. The molecule has 3 rings (SSSR count). The molecule has 0 amide bonds. The van der Waals surface area contributed by atoms with Gasteiger partial charge in [0, 0.05) is 5.56 Å². The number of carbonyl (C=O) groups is 1. The minimum Gasteiger partial charge on any atom is -0.483 e. The molecule has 0 atom stereocenters. The van der Waals surface area contributed by atoms with E-state index in [0.717, 1.165) is 0 Å². The van der Waals surface area contributed by atoms with Gasteiger partial charge in [-0.15, -0.1) is 0 Å². The number of nitrogens with zero attached hydrogens (tertiary/aromatic N) is 2. The highest BCUT2D eigenvalue weighted by atomic mass is 19.1. The molecule has 0 aliphatic carbocycles. The Kier molecular flexibility index (Phi) is 3.91. The Hall–Kier alpha value is -3.02. The topological polar surface area (TPSA) is 65.2 Å². The van der Waals surface area contributed by atoms with Crippen LogP contribution in [-0.2, 0) is 6.61 Å². The van der Waals surface area contributed by atoms with Crippen LogP contribution in [0.5, 0.6) is 5.75 Å². The van der Waals surface area contributed by atoms with E-state index in [0.29, 0.717) is 29.0 Å². The lowest BCUT2D eigenvalue weighted by molar-refractivity contribution is 0.111. The summed E-state index contributed by atoms with van der Waals surface area (Å²) in [5, 5.41) is 3.81. The third kappa shape index (κ3) is 3.01. The molecule has 0 aliphatic heterocycles. The van der Waals surface area contributed by atoms with Crippen molar-refractivity contribution in [3.63, 3.8) is 0 Å². The van der Waals surface area contributed by atoms with Gasteiger partial charge in [0.15, 0.2) is 12.9 Å². The number of aldehydes is 1. The van der Waals surface area contributed by atoms with Gasteiger partial charge in [-0.3, -0.25) is 4.79 Å². The monoisotopic (exact) mass is 298 g/mol. The summed E-state index contributed by atoms with van der Waals surface area (Å²) in [6.45, 7) is 0.0407. The molecule has 5 nitrogen and oxygen atoms in total. The minimum atomic E-state index is -0.332. The number of para-hydroxylation sites is 1. The predicted molar refractivity (Wildman–Crippen MR) is 75.9 cm³/mol. The molecule has 0 fully saturated rings. The Labute approximate surface area is 125 Å². The Morgan fingerprint density at radius 1 is 1.14 bits per heavy atom. The molecule has 2 aromatic carbocycles. The highest BCUT2D eigenvalue weighted by Crippen LogP contribution is 2.19. The van der Waals surface area contributed by atoms with E-state index in [2.05, 4.69) is 10.1 Å². The molecule has 0 N–H and O–H groups in total. The van der Waals surface area contributed by atoms with E-state index in [1.54, 1.807) is 36.4 Å². The summed E-state index contributed by atoms with van der Waals surface area (Å²) >= 11 is 0. The van der Waals surface area contributed by atoms with Gasteiger partial charge in [0.2, 0.25) is 5.82 Å². The van der Waals surface area contributed by atoms with E-state index in [-0.39, 0.29) is 18.3 Å². The molecule has 3 aromatic rings. The first-order valence-electron chi connectivity index (χ1n) is 6.52. The maximum Gasteiger partial charge on any atom is 0.264 e. The summed E-state index contributed by atoms with van der Waals surface area (Å²) in [6.07, 6.45) is 0.715. The van der Waals surface area contributed by atoms with Crippen LogP contribution < -0.4 is 4.74 Å². The van der Waals surface area contributed by atoms with Gasteiger partial charge < -0.3 is 9.26 Å².